The van der Waals surface area contributed by atoms with Crippen LogP contribution in [0.3, 0.4) is 0 Å². The van der Waals surface area contributed by atoms with Crippen LogP contribution in [0.25, 0.3) is 0 Å². The van der Waals surface area contributed by atoms with E-state index in [9.17, 15) is 14.4 Å². The molecule has 2 aromatic rings. The first kappa shape index (κ1) is 18.1. The largest absolute Gasteiger partial charge is 0.322 e. The van der Waals surface area contributed by atoms with Crippen LogP contribution in [0.4, 0.5) is 11.4 Å². The highest BCUT2D eigenvalue weighted by molar-refractivity contribution is 6.31. The van der Waals surface area contributed by atoms with Crippen LogP contribution < -0.4 is 10.2 Å². The van der Waals surface area contributed by atoms with E-state index in [0.717, 1.165) is 12.0 Å². The molecule has 1 saturated heterocycles. The number of aryl methyl sites for hydroxylation is 1. The Kier molecular flexibility index (Phi) is 4.10. The van der Waals surface area contributed by atoms with Crippen molar-refractivity contribution < 1.29 is 14.4 Å². The predicted octanol–water partition coefficient (Wildman–Crippen LogP) is 4.21. The average Bonchev–Trinajstić information content (AvgIpc) is 3.39. The quantitative estimate of drug-likeness (QED) is 0.613. The summed E-state index contributed by atoms with van der Waals surface area (Å²) in [5, 5.41) is 3.39. The highest BCUT2D eigenvalue weighted by atomic mass is 35.5. The van der Waals surface area contributed by atoms with Crippen molar-refractivity contribution in [3.63, 3.8) is 0 Å². The van der Waals surface area contributed by atoms with Crippen LogP contribution in [0.15, 0.2) is 54.6 Å². The van der Waals surface area contributed by atoms with Gasteiger partial charge in [-0.1, -0.05) is 29.8 Å². The second-order valence-electron chi connectivity index (χ2n) is 7.97. The van der Waals surface area contributed by atoms with Gasteiger partial charge in [0, 0.05) is 16.3 Å². The van der Waals surface area contributed by atoms with Crippen molar-refractivity contribution in [1.29, 1.82) is 0 Å². The molecule has 2 aliphatic carbocycles. The van der Waals surface area contributed by atoms with Crippen molar-refractivity contribution in [3.05, 3.63) is 70.8 Å². The topological polar surface area (TPSA) is 66.5 Å². The molecule has 5 nitrogen and oxygen atoms in total. The van der Waals surface area contributed by atoms with Crippen LogP contribution in [-0.2, 0) is 9.59 Å². The second-order valence-corrected chi connectivity index (χ2v) is 8.41. The summed E-state index contributed by atoms with van der Waals surface area (Å²) in [6, 6.07) is 11.9. The molecule has 5 rings (SSSR count). The lowest BCUT2D eigenvalue weighted by Crippen LogP contribution is -2.32. The van der Waals surface area contributed by atoms with Gasteiger partial charge in [0.05, 0.1) is 17.5 Å². The molecule has 1 heterocycles. The van der Waals surface area contributed by atoms with E-state index < -0.39 is 0 Å². The third kappa shape index (κ3) is 2.80. The van der Waals surface area contributed by atoms with Crippen LogP contribution in [0.1, 0.15) is 22.3 Å². The van der Waals surface area contributed by atoms with E-state index >= 15 is 0 Å². The van der Waals surface area contributed by atoms with Gasteiger partial charge in [0.15, 0.2) is 0 Å². The van der Waals surface area contributed by atoms with E-state index in [2.05, 4.69) is 17.5 Å². The van der Waals surface area contributed by atoms with Crippen molar-refractivity contribution in [2.75, 3.05) is 10.2 Å². The number of carbonyl (C=O) groups excluding carboxylic acids is 3. The number of carbonyl (C=O) groups is 3. The van der Waals surface area contributed by atoms with E-state index in [1.807, 2.05) is 13.0 Å². The minimum atomic E-state index is -0.278. The normalized spacial score (nSPS) is 26.9. The van der Waals surface area contributed by atoms with E-state index in [4.69, 9.17) is 11.6 Å². The van der Waals surface area contributed by atoms with Crippen molar-refractivity contribution in [1.82, 2.24) is 0 Å². The molecule has 29 heavy (non-hydrogen) atoms. The minimum absolute atomic E-state index is 0.122. The smallest absolute Gasteiger partial charge is 0.255 e. The highest BCUT2D eigenvalue weighted by Gasteiger charge is 2.59. The van der Waals surface area contributed by atoms with Crippen LogP contribution in [-0.4, -0.2) is 17.7 Å². The van der Waals surface area contributed by atoms with Gasteiger partial charge in [-0.3, -0.25) is 19.3 Å². The van der Waals surface area contributed by atoms with Gasteiger partial charge in [-0.25, -0.2) is 0 Å². The standard InChI is InChI=1S/C23H19ClN2O3/c1-12-2-7-16(24)11-18(12)25-21(27)13-5-8-17(9-6-13)26-22(28)19-14-3-4-15(10-14)20(19)23(26)29/h2-9,11,14-15,19-20H,10H2,1H3,(H,25,27)/t14-,15+,19-,20-/m0/s1. The SMILES string of the molecule is Cc1ccc(Cl)cc1NC(=O)c1ccc(N2C(=O)[C@@H]3[C@@H](C2=O)[C@H]2C=C[C@@H]3C2)cc1. The molecule has 3 aliphatic rings. The molecule has 1 N–H and O–H groups in total. The Balaban J connectivity index is 1.36. The summed E-state index contributed by atoms with van der Waals surface area (Å²) < 4.78 is 0. The molecule has 0 spiro atoms. The van der Waals surface area contributed by atoms with Gasteiger partial charge in [-0.05, 0) is 67.1 Å². The lowest BCUT2D eigenvalue weighted by molar-refractivity contribution is -0.123. The maximum atomic E-state index is 12.9. The maximum absolute atomic E-state index is 12.9. The average molecular weight is 407 g/mol. The van der Waals surface area contributed by atoms with Gasteiger partial charge >= 0.3 is 0 Å². The summed E-state index contributed by atoms with van der Waals surface area (Å²) in [6.07, 6.45) is 5.06. The molecule has 0 unspecified atom stereocenters. The van der Waals surface area contributed by atoms with E-state index in [-0.39, 0.29) is 41.4 Å². The fraction of sp³-hybridized carbons (Fsp3) is 0.261. The highest BCUT2D eigenvalue weighted by Crippen LogP contribution is 2.53. The Morgan fingerprint density at radius 2 is 1.62 bits per heavy atom. The Labute approximate surface area is 173 Å². The predicted molar refractivity (Wildman–Crippen MR) is 111 cm³/mol. The van der Waals surface area contributed by atoms with Gasteiger partial charge in [-0.2, -0.15) is 0 Å². The van der Waals surface area contributed by atoms with Crippen molar-refractivity contribution >= 4 is 40.7 Å². The molecular formula is C23H19ClN2O3. The number of nitrogens with one attached hydrogen (secondary N) is 1. The number of hydrogen-bond acceptors (Lipinski definition) is 3. The Bertz CT molecular complexity index is 1050. The third-order valence-electron chi connectivity index (χ3n) is 6.31. The number of anilines is 2. The molecule has 6 heteroatoms. The van der Waals surface area contributed by atoms with Crippen LogP contribution in [0, 0.1) is 30.6 Å². The molecule has 0 aromatic heterocycles. The zero-order chi connectivity index (χ0) is 20.3. The number of fused-ring (bicyclic) bond motifs is 5. The first-order valence-electron chi connectivity index (χ1n) is 9.68. The van der Waals surface area contributed by atoms with Gasteiger partial charge in [0.1, 0.15) is 0 Å². The Morgan fingerprint density at radius 3 is 2.24 bits per heavy atom. The van der Waals surface area contributed by atoms with Crippen LogP contribution >= 0.6 is 11.6 Å². The minimum Gasteiger partial charge on any atom is -0.322 e. The van der Waals surface area contributed by atoms with Gasteiger partial charge < -0.3 is 5.32 Å². The first-order chi connectivity index (χ1) is 13.9. The molecule has 1 aliphatic heterocycles. The number of rotatable bonds is 3. The number of imide groups is 1. The molecule has 1 saturated carbocycles. The molecule has 0 radical (unpaired) electrons. The Morgan fingerprint density at radius 1 is 1.00 bits per heavy atom. The van der Waals surface area contributed by atoms with Gasteiger partial charge in [0.25, 0.3) is 5.91 Å². The summed E-state index contributed by atoms with van der Waals surface area (Å²) in [7, 11) is 0. The second kappa shape index (κ2) is 6.56. The molecular weight excluding hydrogens is 388 g/mol. The number of benzene rings is 2. The van der Waals surface area contributed by atoms with Crippen molar-refractivity contribution in [2.45, 2.75) is 13.3 Å². The molecule has 146 valence electrons. The van der Waals surface area contributed by atoms with Crippen molar-refractivity contribution in [3.8, 4) is 0 Å². The fourth-order valence-electron chi connectivity index (χ4n) is 4.84. The van der Waals surface area contributed by atoms with Crippen molar-refractivity contribution in [2.24, 2.45) is 23.7 Å². The number of halogens is 1. The summed E-state index contributed by atoms with van der Waals surface area (Å²) in [4.78, 5) is 39.7. The fourth-order valence-corrected chi connectivity index (χ4v) is 5.01. The number of nitrogens with zero attached hydrogens (tertiary/aromatic N) is 1. The summed E-state index contributed by atoms with van der Waals surface area (Å²) >= 11 is 6.01. The zero-order valence-corrected chi connectivity index (χ0v) is 16.5. The van der Waals surface area contributed by atoms with E-state index in [0.29, 0.717) is 22.0 Å². The van der Waals surface area contributed by atoms with E-state index in [1.54, 1.807) is 36.4 Å². The molecule has 3 amide bonds. The first-order valence-corrected chi connectivity index (χ1v) is 10.1. The molecule has 2 bridgehead atoms. The number of hydrogen-bond donors (Lipinski definition) is 1. The molecule has 2 aromatic carbocycles. The monoisotopic (exact) mass is 406 g/mol. The molecule has 4 atom stereocenters. The third-order valence-corrected chi connectivity index (χ3v) is 6.54. The van der Waals surface area contributed by atoms with E-state index in [1.165, 1.54) is 4.90 Å². The van der Waals surface area contributed by atoms with Gasteiger partial charge in [0.2, 0.25) is 11.8 Å². The van der Waals surface area contributed by atoms with Crippen LogP contribution in [0.2, 0.25) is 5.02 Å². The van der Waals surface area contributed by atoms with Crippen LogP contribution in [0.5, 0.6) is 0 Å². The number of amides is 3. The zero-order valence-electron chi connectivity index (χ0n) is 15.8. The maximum Gasteiger partial charge on any atom is 0.255 e. The molecule has 2 fully saturated rings. The summed E-state index contributed by atoms with van der Waals surface area (Å²) in [5.41, 5.74) is 2.51. The Hall–Kier alpha value is -2.92. The summed E-state index contributed by atoms with van der Waals surface area (Å²) in [5.74, 6) is -0.625. The lowest BCUT2D eigenvalue weighted by Gasteiger charge is -2.17. The van der Waals surface area contributed by atoms with Gasteiger partial charge in [-0.15, -0.1) is 0 Å². The number of allylic oxidation sites excluding steroid dienone is 2. The lowest BCUT2D eigenvalue weighted by atomic mass is 9.85. The summed E-state index contributed by atoms with van der Waals surface area (Å²) in [6.45, 7) is 1.89.